The van der Waals surface area contributed by atoms with Crippen molar-refractivity contribution in [1.82, 2.24) is 16.1 Å². The van der Waals surface area contributed by atoms with Gasteiger partial charge < -0.3 is 39.4 Å². The van der Waals surface area contributed by atoms with Crippen molar-refractivity contribution in [3.05, 3.63) is 97.1 Å². The number of methoxy groups -OCH3 is 2. The van der Waals surface area contributed by atoms with Crippen molar-refractivity contribution in [1.29, 1.82) is 0 Å². The monoisotopic (exact) mass is 727 g/mol. The third-order valence-electron chi connectivity index (χ3n) is 6.89. The van der Waals surface area contributed by atoms with Gasteiger partial charge in [-0.15, -0.1) is 0 Å². The van der Waals surface area contributed by atoms with E-state index in [0.29, 0.717) is 50.9 Å². The van der Waals surface area contributed by atoms with Gasteiger partial charge >= 0.3 is 12.0 Å². The summed E-state index contributed by atoms with van der Waals surface area (Å²) in [6.45, 7) is 3.67. The molecule has 3 aromatic carbocycles. The van der Waals surface area contributed by atoms with Crippen LogP contribution in [0.25, 0.3) is 0 Å². The molecule has 1 heterocycles. The molecule has 0 spiro atoms. The number of nitrogens with one attached hydrogen (secondary N) is 3. The van der Waals surface area contributed by atoms with Gasteiger partial charge in [0, 0.05) is 17.8 Å². The van der Waals surface area contributed by atoms with Crippen LogP contribution in [0.5, 0.6) is 23.0 Å². The molecular weight excluding hydrogens is 694 g/mol. The number of non-ortho nitro benzene ring substituents is 1. The molecule has 0 bridgehead atoms. The second-order valence-corrected chi connectivity index (χ2v) is 11.0. The van der Waals surface area contributed by atoms with E-state index in [2.05, 4.69) is 37.1 Å². The number of hydrogen-bond donors (Lipinski definition) is 4. The molecule has 0 aromatic heterocycles. The van der Waals surface area contributed by atoms with Crippen LogP contribution in [0.2, 0.25) is 0 Å². The minimum Gasteiger partial charge on any atom is -0.493 e. The van der Waals surface area contributed by atoms with Crippen LogP contribution in [0, 0.1) is 10.1 Å². The van der Waals surface area contributed by atoms with Crippen molar-refractivity contribution in [3.63, 3.8) is 0 Å². The average molecular weight is 729 g/mol. The van der Waals surface area contributed by atoms with Gasteiger partial charge in [0.15, 0.2) is 29.2 Å². The zero-order chi connectivity index (χ0) is 34.8. The van der Waals surface area contributed by atoms with Crippen molar-refractivity contribution in [2.75, 3.05) is 27.4 Å². The molecule has 4 rings (SSSR count). The molecule has 3 aromatic rings. The second-order valence-electron chi connectivity index (χ2n) is 10.2. The van der Waals surface area contributed by atoms with E-state index in [1.807, 2.05) is 0 Å². The Morgan fingerprint density at radius 1 is 1.10 bits per heavy atom. The van der Waals surface area contributed by atoms with Gasteiger partial charge in [0.2, 0.25) is 0 Å². The summed E-state index contributed by atoms with van der Waals surface area (Å²) in [6, 6.07) is 13.2. The number of esters is 1. The van der Waals surface area contributed by atoms with Crippen LogP contribution >= 0.6 is 15.9 Å². The Bertz CT molecular complexity index is 1710. The summed E-state index contributed by atoms with van der Waals surface area (Å²) >= 11 is 3.48. The number of rotatable bonds is 15. The van der Waals surface area contributed by atoms with Gasteiger partial charge in [-0.1, -0.05) is 6.07 Å². The second kappa shape index (κ2) is 16.5. The number of aliphatic hydroxyl groups excluding tert-OH is 1. The SMILES string of the molecule is CCOc1cc([C@@H]2NC(=O)NC(C)=C2C(=O)OC)ccc1OC[C@@H](O)N/N=C\c1cc(Br)c(OCc2ccc([N+](=O)[O-])cc2)c(OC)c1. The van der Waals surface area contributed by atoms with E-state index in [1.165, 1.54) is 32.6 Å². The molecule has 0 aliphatic carbocycles. The van der Waals surface area contributed by atoms with Gasteiger partial charge in [0.05, 0.1) is 48.1 Å². The molecule has 2 amide bonds. The average Bonchev–Trinajstić information content (AvgIpc) is 3.06. The molecule has 1 aliphatic rings. The van der Waals surface area contributed by atoms with E-state index < -0.39 is 29.2 Å². The first kappa shape index (κ1) is 35.5. The quantitative estimate of drug-likeness (QED) is 0.0568. The first-order valence-corrected chi connectivity index (χ1v) is 15.3. The minimum absolute atomic E-state index is 0.00887. The Labute approximate surface area is 284 Å². The van der Waals surface area contributed by atoms with Crippen LogP contribution in [-0.2, 0) is 16.1 Å². The summed E-state index contributed by atoms with van der Waals surface area (Å²) in [5, 5.41) is 30.8. The van der Waals surface area contributed by atoms with E-state index in [-0.39, 0.29) is 24.5 Å². The third-order valence-corrected chi connectivity index (χ3v) is 7.48. The highest BCUT2D eigenvalue weighted by molar-refractivity contribution is 9.10. The lowest BCUT2D eigenvalue weighted by atomic mass is 9.95. The van der Waals surface area contributed by atoms with Gasteiger partial charge in [-0.25, -0.2) is 9.59 Å². The van der Waals surface area contributed by atoms with Crippen molar-refractivity contribution in [2.45, 2.75) is 32.7 Å². The first-order chi connectivity index (χ1) is 23.0. The van der Waals surface area contributed by atoms with Crippen molar-refractivity contribution >= 4 is 39.8 Å². The molecule has 4 N–H and O–H groups in total. The minimum atomic E-state index is -1.20. The predicted octanol–water partition coefficient (Wildman–Crippen LogP) is 4.47. The van der Waals surface area contributed by atoms with Crippen LogP contribution in [0.3, 0.4) is 0 Å². The Morgan fingerprint density at radius 2 is 1.85 bits per heavy atom. The van der Waals surface area contributed by atoms with Crippen LogP contribution in [-0.4, -0.2) is 61.9 Å². The van der Waals surface area contributed by atoms with Crippen molar-refractivity contribution < 1.29 is 43.3 Å². The van der Waals surface area contributed by atoms with Gasteiger partial charge in [-0.2, -0.15) is 5.10 Å². The van der Waals surface area contributed by atoms with E-state index in [1.54, 1.807) is 56.3 Å². The lowest BCUT2D eigenvalue weighted by Gasteiger charge is -2.28. The predicted molar refractivity (Wildman–Crippen MR) is 177 cm³/mol. The number of allylic oxidation sites excluding steroid dienone is 1. The van der Waals surface area contributed by atoms with E-state index in [0.717, 1.165) is 5.56 Å². The summed E-state index contributed by atoms with van der Waals surface area (Å²) < 4.78 is 28.4. The highest BCUT2D eigenvalue weighted by Gasteiger charge is 2.32. The number of benzene rings is 3. The van der Waals surface area contributed by atoms with Crippen LogP contribution in [0.15, 0.2) is 75.4 Å². The fourth-order valence-electron chi connectivity index (χ4n) is 4.64. The molecule has 48 heavy (non-hydrogen) atoms. The molecule has 0 saturated carbocycles. The van der Waals surface area contributed by atoms with E-state index in [9.17, 15) is 24.8 Å². The molecule has 16 heteroatoms. The number of hydrazone groups is 1. The maximum absolute atomic E-state index is 12.5. The van der Waals surface area contributed by atoms with Crippen molar-refractivity contribution in [2.24, 2.45) is 5.10 Å². The number of nitrogens with zero attached hydrogens (tertiary/aromatic N) is 2. The molecule has 0 saturated heterocycles. The fourth-order valence-corrected chi connectivity index (χ4v) is 5.22. The highest BCUT2D eigenvalue weighted by Crippen LogP contribution is 2.37. The third kappa shape index (κ3) is 8.92. The Balaban J connectivity index is 1.38. The largest absolute Gasteiger partial charge is 0.493 e. The summed E-state index contributed by atoms with van der Waals surface area (Å²) in [5.41, 5.74) is 5.13. The number of halogens is 1. The number of hydrogen-bond acceptors (Lipinski definition) is 12. The van der Waals surface area contributed by atoms with Gasteiger partial charge in [-0.3, -0.25) is 15.5 Å². The molecule has 15 nitrogen and oxygen atoms in total. The Kier molecular flexibility index (Phi) is 12.2. The number of nitro groups is 1. The lowest BCUT2D eigenvalue weighted by Crippen LogP contribution is -2.45. The van der Waals surface area contributed by atoms with Gasteiger partial charge in [0.1, 0.15) is 13.2 Å². The molecule has 2 atom stereocenters. The lowest BCUT2D eigenvalue weighted by molar-refractivity contribution is -0.384. The van der Waals surface area contributed by atoms with Crippen LogP contribution in [0.1, 0.15) is 36.6 Å². The Hall–Kier alpha value is -5.35. The van der Waals surface area contributed by atoms with Crippen molar-refractivity contribution in [3.8, 4) is 23.0 Å². The molecule has 0 unspecified atom stereocenters. The number of carbonyl (C=O) groups is 2. The molecule has 254 valence electrons. The van der Waals surface area contributed by atoms with Gasteiger partial charge in [0.25, 0.3) is 5.69 Å². The maximum atomic E-state index is 12.5. The number of amides is 2. The number of aliphatic hydroxyl groups is 1. The number of urea groups is 1. The molecule has 0 radical (unpaired) electrons. The summed E-state index contributed by atoms with van der Waals surface area (Å²) in [4.78, 5) is 35.0. The van der Waals surface area contributed by atoms with Crippen LogP contribution < -0.4 is 35.0 Å². The van der Waals surface area contributed by atoms with E-state index >= 15 is 0 Å². The molecule has 0 fully saturated rings. The number of ether oxygens (including phenoxy) is 5. The van der Waals surface area contributed by atoms with Gasteiger partial charge in [-0.05, 0) is 82.9 Å². The van der Waals surface area contributed by atoms with Crippen LogP contribution in [0.4, 0.5) is 10.5 Å². The summed E-state index contributed by atoms with van der Waals surface area (Å²) in [5.74, 6) is 0.919. The highest BCUT2D eigenvalue weighted by atomic mass is 79.9. The smallest absolute Gasteiger partial charge is 0.337 e. The first-order valence-electron chi connectivity index (χ1n) is 14.5. The topological polar surface area (TPSA) is 192 Å². The Morgan fingerprint density at radius 3 is 2.52 bits per heavy atom. The summed E-state index contributed by atoms with van der Waals surface area (Å²) in [6.07, 6.45) is 0.268. The normalized spacial score (nSPS) is 14.9. The molecular formula is C32H34BrN5O10. The fraction of sp³-hybridized carbons (Fsp3) is 0.281. The number of nitro benzene ring substituents is 1. The maximum Gasteiger partial charge on any atom is 0.337 e. The van der Waals surface area contributed by atoms with E-state index in [4.69, 9.17) is 23.7 Å². The zero-order valence-electron chi connectivity index (χ0n) is 26.4. The zero-order valence-corrected chi connectivity index (χ0v) is 28.0. The standard InChI is InChI=1S/C32H34BrN5O10/c1-5-46-25-14-21(29-28(31(40)45-4)18(2)35-32(41)36-29)8-11-24(25)47-17-27(39)37-34-15-20-12-23(33)30(26(13-20)44-3)48-16-19-6-9-22(10-7-19)38(42)43/h6-15,27,29,37,39H,5,16-17H2,1-4H3,(H2,35,36,41)/b34-15-/t27-,29+/m1/s1. The number of carbonyl (C=O) groups excluding carboxylic acids is 2. The summed E-state index contributed by atoms with van der Waals surface area (Å²) in [7, 11) is 2.75. The molecule has 1 aliphatic heterocycles.